The molecule has 0 radical (unpaired) electrons. The van der Waals surface area contributed by atoms with Gasteiger partial charge in [-0.3, -0.25) is 4.79 Å². The largest absolute Gasteiger partial charge is 0.461 e. The first-order chi connectivity index (χ1) is 8.65. The van der Waals surface area contributed by atoms with Gasteiger partial charge in [0.15, 0.2) is 16.9 Å². The summed E-state index contributed by atoms with van der Waals surface area (Å²) in [5.74, 6) is 1.03. The Balaban J connectivity index is 2.38. The first-order valence-electron chi connectivity index (χ1n) is 5.74. The van der Waals surface area contributed by atoms with Crippen molar-refractivity contribution in [3.63, 3.8) is 0 Å². The summed E-state index contributed by atoms with van der Waals surface area (Å²) in [6, 6.07) is 8.85. The zero-order valence-corrected chi connectivity index (χ0v) is 10.2. The van der Waals surface area contributed by atoms with Crippen molar-refractivity contribution in [2.45, 2.75) is 13.8 Å². The standard InChI is InChI=1S/C15H12O3/c1-9-6-10(2)15-11(7-9)12(16)8-14(18-15)13-4-3-5-17-13/h3-8H,1-2H3. The lowest BCUT2D eigenvalue weighted by atomic mass is 10.1. The van der Waals surface area contributed by atoms with Crippen molar-refractivity contribution in [1.82, 2.24) is 0 Å². The first kappa shape index (κ1) is 10.8. The highest BCUT2D eigenvalue weighted by Crippen LogP contribution is 2.25. The second-order valence-corrected chi connectivity index (χ2v) is 4.41. The second-order valence-electron chi connectivity index (χ2n) is 4.41. The predicted octanol–water partition coefficient (Wildman–Crippen LogP) is 3.67. The molecule has 0 aliphatic rings. The van der Waals surface area contributed by atoms with Gasteiger partial charge in [-0.05, 0) is 43.2 Å². The van der Waals surface area contributed by atoms with E-state index in [-0.39, 0.29) is 5.43 Å². The number of aryl methyl sites for hydroxylation is 2. The molecule has 3 rings (SSSR count). The summed E-state index contributed by atoms with van der Waals surface area (Å²) in [6.45, 7) is 3.90. The fraction of sp³-hybridized carbons (Fsp3) is 0.133. The molecule has 0 bridgehead atoms. The molecule has 2 aromatic heterocycles. The van der Waals surface area contributed by atoms with Crippen LogP contribution in [0.2, 0.25) is 0 Å². The van der Waals surface area contributed by atoms with Crippen molar-refractivity contribution in [3.05, 3.63) is 57.9 Å². The van der Waals surface area contributed by atoms with Crippen LogP contribution in [0.3, 0.4) is 0 Å². The molecule has 0 aliphatic heterocycles. The van der Waals surface area contributed by atoms with E-state index in [0.717, 1.165) is 11.1 Å². The Morgan fingerprint density at radius 3 is 2.61 bits per heavy atom. The van der Waals surface area contributed by atoms with Gasteiger partial charge >= 0.3 is 0 Å². The second kappa shape index (κ2) is 3.88. The zero-order valence-electron chi connectivity index (χ0n) is 10.2. The van der Waals surface area contributed by atoms with Gasteiger partial charge in [0.25, 0.3) is 0 Å². The van der Waals surface area contributed by atoms with Crippen LogP contribution in [0.5, 0.6) is 0 Å². The molecule has 0 amide bonds. The van der Waals surface area contributed by atoms with E-state index in [9.17, 15) is 4.79 Å². The number of hydrogen-bond acceptors (Lipinski definition) is 3. The van der Waals surface area contributed by atoms with E-state index in [1.165, 1.54) is 6.07 Å². The molecular weight excluding hydrogens is 228 g/mol. The van der Waals surface area contributed by atoms with Crippen LogP contribution in [0, 0.1) is 13.8 Å². The van der Waals surface area contributed by atoms with Crippen molar-refractivity contribution in [3.8, 4) is 11.5 Å². The quantitative estimate of drug-likeness (QED) is 0.651. The number of fused-ring (bicyclic) bond motifs is 1. The summed E-state index contributed by atoms with van der Waals surface area (Å²) in [6.07, 6.45) is 1.56. The molecule has 0 spiro atoms. The van der Waals surface area contributed by atoms with Gasteiger partial charge in [-0.2, -0.15) is 0 Å². The van der Waals surface area contributed by atoms with Crippen molar-refractivity contribution >= 4 is 11.0 Å². The third-order valence-electron chi connectivity index (χ3n) is 2.92. The van der Waals surface area contributed by atoms with Crippen LogP contribution >= 0.6 is 0 Å². The summed E-state index contributed by atoms with van der Waals surface area (Å²) in [5, 5.41) is 0.614. The van der Waals surface area contributed by atoms with Gasteiger partial charge in [0.1, 0.15) is 5.58 Å². The lowest BCUT2D eigenvalue weighted by molar-refractivity contribution is 0.536. The number of furan rings is 1. The zero-order chi connectivity index (χ0) is 12.7. The molecular formula is C15H12O3. The molecule has 3 aromatic rings. The van der Waals surface area contributed by atoms with Crippen LogP contribution in [-0.4, -0.2) is 0 Å². The molecule has 0 unspecified atom stereocenters. The fourth-order valence-electron chi connectivity index (χ4n) is 2.15. The van der Waals surface area contributed by atoms with Crippen LogP contribution in [0.25, 0.3) is 22.5 Å². The van der Waals surface area contributed by atoms with Gasteiger partial charge in [-0.15, -0.1) is 0 Å². The van der Waals surface area contributed by atoms with Crippen LogP contribution < -0.4 is 5.43 Å². The topological polar surface area (TPSA) is 43.4 Å². The van der Waals surface area contributed by atoms with E-state index in [1.54, 1.807) is 18.4 Å². The number of hydrogen-bond donors (Lipinski definition) is 0. The van der Waals surface area contributed by atoms with E-state index in [2.05, 4.69) is 0 Å². The highest BCUT2D eigenvalue weighted by molar-refractivity contribution is 5.81. The summed E-state index contributed by atoms with van der Waals surface area (Å²) < 4.78 is 11.0. The van der Waals surface area contributed by atoms with Crippen molar-refractivity contribution < 1.29 is 8.83 Å². The smallest absolute Gasteiger partial charge is 0.193 e. The molecule has 0 fully saturated rings. The molecule has 1 aromatic carbocycles. The Kier molecular flexibility index (Phi) is 2.33. The third kappa shape index (κ3) is 1.64. The fourth-order valence-corrected chi connectivity index (χ4v) is 2.15. The lowest BCUT2D eigenvalue weighted by Gasteiger charge is -2.04. The average Bonchev–Trinajstić information content (AvgIpc) is 2.83. The lowest BCUT2D eigenvalue weighted by Crippen LogP contribution is -2.01. The maximum atomic E-state index is 12.1. The highest BCUT2D eigenvalue weighted by Gasteiger charge is 2.10. The van der Waals surface area contributed by atoms with E-state index in [0.29, 0.717) is 22.5 Å². The van der Waals surface area contributed by atoms with E-state index < -0.39 is 0 Å². The van der Waals surface area contributed by atoms with Gasteiger partial charge in [-0.1, -0.05) is 6.07 Å². The third-order valence-corrected chi connectivity index (χ3v) is 2.92. The molecule has 3 heteroatoms. The minimum absolute atomic E-state index is 0.0468. The van der Waals surface area contributed by atoms with Crippen molar-refractivity contribution in [1.29, 1.82) is 0 Å². The Hall–Kier alpha value is -2.29. The van der Waals surface area contributed by atoms with Crippen molar-refractivity contribution in [2.75, 3.05) is 0 Å². The highest BCUT2D eigenvalue weighted by atomic mass is 16.4. The Morgan fingerprint density at radius 2 is 1.89 bits per heavy atom. The normalized spacial score (nSPS) is 11.0. The molecule has 2 heterocycles. The van der Waals surface area contributed by atoms with Gasteiger partial charge in [0, 0.05) is 6.07 Å². The minimum Gasteiger partial charge on any atom is -0.461 e. The van der Waals surface area contributed by atoms with Crippen LogP contribution in [0.4, 0.5) is 0 Å². The molecule has 0 N–H and O–H groups in total. The molecule has 3 nitrogen and oxygen atoms in total. The summed E-state index contributed by atoms with van der Waals surface area (Å²) in [7, 11) is 0. The molecule has 90 valence electrons. The average molecular weight is 240 g/mol. The summed E-state index contributed by atoms with van der Waals surface area (Å²) >= 11 is 0. The van der Waals surface area contributed by atoms with E-state index >= 15 is 0 Å². The Labute approximate surface area is 104 Å². The van der Waals surface area contributed by atoms with Crippen LogP contribution in [-0.2, 0) is 0 Å². The van der Waals surface area contributed by atoms with Crippen molar-refractivity contribution in [2.24, 2.45) is 0 Å². The summed E-state index contributed by atoms with van der Waals surface area (Å²) in [4.78, 5) is 12.1. The molecule has 0 aliphatic carbocycles. The summed E-state index contributed by atoms with van der Waals surface area (Å²) in [5.41, 5.74) is 2.59. The molecule has 18 heavy (non-hydrogen) atoms. The number of benzene rings is 1. The maximum absolute atomic E-state index is 12.1. The van der Waals surface area contributed by atoms with Gasteiger partial charge in [-0.25, -0.2) is 0 Å². The monoisotopic (exact) mass is 240 g/mol. The van der Waals surface area contributed by atoms with Gasteiger partial charge in [0.2, 0.25) is 0 Å². The van der Waals surface area contributed by atoms with Crippen LogP contribution in [0.1, 0.15) is 11.1 Å². The van der Waals surface area contributed by atoms with E-state index in [1.807, 2.05) is 26.0 Å². The SMILES string of the molecule is Cc1cc(C)c2oc(-c3ccco3)cc(=O)c2c1. The first-order valence-corrected chi connectivity index (χ1v) is 5.74. The minimum atomic E-state index is -0.0468. The Morgan fingerprint density at radius 1 is 1.06 bits per heavy atom. The number of rotatable bonds is 1. The predicted molar refractivity (Wildman–Crippen MR) is 69.7 cm³/mol. The van der Waals surface area contributed by atoms with Gasteiger partial charge < -0.3 is 8.83 Å². The van der Waals surface area contributed by atoms with Gasteiger partial charge in [0.05, 0.1) is 11.6 Å². The maximum Gasteiger partial charge on any atom is 0.193 e. The Bertz CT molecular complexity index is 764. The van der Waals surface area contributed by atoms with E-state index in [4.69, 9.17) is 8.83 Å². The van der Waals surface area contributed by atoms with Crippen LogP contribution in [0.15, 0.2) is 50.2 Å². The molecule has 0 saturated heterocycles. The molecule has 0 atom stereocenters. The molecule has 0 saturated carbocycles.